The molecule has 0 saturated carbocycles. The van der Waals surface area contributed by atoms with E-state index in [0.29, 0.717) is 0 Å². The second-order valence-electron chi connectivity index (χ2n) is 4.27. The molecular formula is C12H15N3S. The van der Waals surface area contributed by atoms with Gasteiger partial charge in [-0.15, -0.1) is 0 Å². The SMILES string of the molecule is Cc1nc2ccc(N3CCCCC3)nc2s1. The predicted molar refractivity (Wildman–Crippen MR) is 68.2 cm³/mol. The molecule has 0 aromatic carbocycles. The molecule has 3 nitrogen and oxygen atoms in total. The molecule has 0 spiro atoms. The summed E-state index contributed by atoms with van der Waals surface area (Å²) in [6.07, 6.45) is 3.95. The highest BCUT2D eigenvalue weighted by molar-refractivity contribution is 7.18. The molecule has 1 aliphatic heterocycles. The Morgan fingerprint density at radius 1 is 1.12 bits per heavy atom. The average molecular weight is 233 g/mol. The topological polar surface area (TPSA) is 29.0 Å². The third-order valence-corrected chi connectivity index (χ3v) is 3.91. The number of hydrogen-bond acceptors (Lipinski definition) is 4. The summed E-state index contributed by atoms with van der Waals surface area (Å²) in [5.74, 6) is 1.12. The summed E-state index contributed by atoms with van der Waals surface area (Å²) in [6, 6.07) is 4.20. The van der Waals surface area contributed by atoms with Gasteiger partial charge in [-0.05, 0) is 38.3 Å². The first-order chi connectivity index (χ1) is 7.83. The Labute approximate surface area is 99.1 Å². The van der Waals surface area contributed by atoms with Crippen LogP contribution in [-0.4, -0.2) is 23.1 Å². The highest BCUT2D eigenvalue weighted by atomic mass is 32.1. The van der Waals surface area contributed by atoms with E-state index < -0.39 is 0 Å². The molecule has 16 heavy (non-hydrogen) atoms. The van der Waals surface area contributed by atoms with Crippen molar-refractivity contribution in [3.63, 3.8) is 0 Å². The lowest BCUT2D eigenvalue weighted by atomic mass is 10.1. The Balaban J connectivity index is 1.97. The highest BCUT2D eigenvalue weighted by Gasteiger charge is 2.13. The van der Waals surface area contributed by atoms with Crippen LogP contribution in [0.15, 0.2) is 12.1 Å². The summed E-state index contributed by atoms with van der Waals surface area (Å²) < 4.78 is 0. The monoisotopic (exact) mass is 233 g/mol. The first-order valence-electron chi connectivity index (χ1n) is 5.82. The van der Waals surface area contributed by atoms with Crippen LogP contribution in [0.4, 0.5) is 5.82 Å². The van der Waals surface area contributed by atoms with Crippen molar-refractivity contribution in [1.82, 2.24) is 9.97 Å². The fraction of sp³-hybridized carbons (Fsp3) is 0.500. The van der Waals surface area contributed by atoms with Crippen LogP contribution in [0.5, 0.6) is 0 Å². The van der Waals surface area contributed by atoms with Gasteiger partial charge in [-0.1, -0.05) is 11.3 Å². The molecule has 1 aliphatic rings. The number of pyridine rings is 1. The Hall–Kier alpha value is -1.16. The number of piperidine rings is 1. The van der Waals surface area contributed by atoms with E-state index in [0.717, 1.165) is 34.3 Å². The molecule has 0 N–H and O–H groups in total. The molecular weight excluding hydrogens is 218 g/mol. The van der Waals surface area contributed by atoms with Crippen LogP contribution in [-0.2, 0) is 0 Å². The van der Waals surface area contributed by atoms with E-state index in [1.165, 1.54) is 19.3 Å². The summed E-state index contributed by atoms with van der Waals surface area (Å²) in [4.78, 5) is 12.6. The molecule has 2 aromatic heterocycles. The van der Waals surface area contributed by atoms with Gasteiger partial charge >= 0.3 is 0 Å². The molecule has 1 saturated heterocycles. The third-order valence-electron chi connectivity index (χ3n) is 3.03. The number of anilines is 1. The molecule has 0 amide bonds. The molecule has 0 atom stereocenters. The Bertz CT molecular complexity index is 500. The predicted octanol–water partition coefficient (Wildman–Crippen LogP) is 2.99. The van der Waals surface area contributed by atoms with Crippen LogP contribution in [0.2, 0.25) is 0 Å². The zero-order chi connectivity index (χ0) is 11.0. The van der Waals surface area contributed by atoms with E-state index in [4.69, 9.17) is 4.98 Å². The van der Waals surface area contributed by atoms with Gasteiger partial charge in [-0.25, -0.2) is 9.97 Å². The van der Waals surface area contributed by atoms with Crippen LogP contribution in [0.1, 0.15) is 24.3 Å². The number of aromatic nitrogens is 2. The smallest absolute Gasteiger partial charge is 0.145 e. The van der Waals surface area contributed by atoms with Gasteiger partial charge in [-0.3, -0.25) is 0 Å². The quantitative estimate of drug-likeness (QED) is 0.758. The van der Waals surface area contributed by atoms with Crippen molar-refractivity contribution in [2.24, 2.45) is 0 Å². The minimum atomic E-state index is 1.03. The Kier molecular flexibility index (Phi) is 2.52. The maximum Gasteiger partial charge on any atom is 0.145 e. The van der Waals surface area contributed by atoms with Crippen LogP contribution >= 0.6 is 11.3 Å². The van der Waals surface area contributed by atoms with Gasteiger partial charge in [0.2, 0.25) is 0 Å². The van der Waals surface area contributed by atoms with Gasteiger partial charge in [-0.2, -0.15) is 0 Å². The summed E-state index contributed by atoms with van der Waals surface area (Å²) in [5.41, 5.74) is 1.03. The van der Waals surface area contributed by atoms with Crippen molar-refractivity contribution < 1.29 is 0 Å². The highest BCUT2D eigenvalue weighted by Crippen LogP contribution is 2.24. The molecule has 0 aliphatic carbocycles. The van der Waals surface area contributed by atoms with Gasteiger partial charge < -0.3 is 4.90 Å². The van der Waals surface area contributed by atoms with Crippen molar-refractivity contribution >= 4 is 27.5 Å². The molecule has 2 aromatic rings. The molecule has 1 fully saturated rings. The number of fused-ring (bicyclic) bond motifs is 1. The summed E-state index contributed by atoms with van der Waals surface area (Å²) in [7, 11) is 0. The van der Waals surface area contributed by atoms with E-state index in [1.807, 2.05) is 6.92 Å². The first kappa shape index (κ1) is 10.0. The van der Waals surface area contributed by atoms with Gasteiger partial charge in [0.05, 0.1) is 5.01 Å². The van der Waals surface area contributed by atoms with E-state index in [9.17, 15) is 0 Å². The van der Waals surface area contributed by atoms with E-state index in [-0.39, 0.29) is 0 Å². The molecule has 3 heterocycles. The summed E-state index contributed by atoms with van der Waals surface area (Å²) in [6.45, 7) is 4.33. The molecule has 4 heteroatoms. The number of hydrogen-bond donors (Lipinski definition) is 0. The summed E-state index contributed by atoms with van der Waals surface area (Å²) >= 11 is 1.68. The molecule has 3 rings (SSSR count). The number of aryl methyl sites for hydroxylation is 1. The second-order valence-corrected chi connectivity index (χ2v) is 5.46. The van der Waals surface area contributed by atoms with Crippen LogP contribution < -0.4 is 4.90 Å². The standard InChI is InChI=1S/C12H15N3S/c1-9-13-10-5-6-11(14-12(10)16-9)15-7-3-2-4-8-15/h5-6H,2-4,7-8H2,1H3. The minimum absolute atomic E-state index is 1.03. The fourth-order valence-electron chi connectivity index (χ4n) is 2.22. The fourth-order valence-corrected chi connectivity index (χ4v) is 3.00. The van der Waals surface area contributed by atoms with Gasteiger partial charge in [0, 0.05) is 13.1 Å². The largest absolute Gasteiger partial charge is 0.357 e. The van der Waals surface area contributed by atoms with Crippen LogP contribution in [0, 0.1) is 6.92 Å². The van der Waals surface area contributed by atoms with Crippen molar-refractivity contribution in [2.75, 3.05) is 18.0 Å². The van der Waals surface area contributed by atoms with E-state index >= 15 is 0 Å². The van der Waals surface area contributed by atoms with Crippen LogP contribution in [0.25, 0.3) is 10.3 Å². The number of nitrogens with zero attached hydrogens (tertiary/aromatic N) is 3. The average Bonchev–Trinajstić information content (AvgIpc) is 2.69. The normalized spacial score (nSPS) is 16.9. The van der Waals surface area contributed by atoms with Gasteiger partial charge in [0.1, 0.15) is 16.2 Å². The number of thiazole rings is 1. The summed E-state index contributed by atoms with van der Waals surface area (Å²) in [5, 5.41) is 1.10. The lowest BCUT2D eigenvalue weighted by Gasteiger charge is -2.27. The lowest BCUT2D eigenvalue weighted by molar-refractivity contribution is 0.574. The van der Waals surface area contributed by atoms with E-state index in [1.54, 1.807) is 11.3 Å². The number of rotatable bonds is 1. The second kappa shape index (κ2) is 4.01. The maximum absolute atomic E-state index is 4.70. The third kappa shape index (κ3) is 1.78. The van der Waals surface area contributed by atoms with Gasteiger partial charge in [0.15, 0.2) is 0 Å². The van der Waals surface area contributed by atoms with Crippen molar-refractivity contribution in [1.29, 1.82) is 0 Å². The molecule has 0 unspecified atom stereocenters. The zero-order valence-corrected chi connectivity index (χ0v) is 10.3. The zero-order valence-electron chi connectivity index (χ0n) is 9.44. The lowest BCUT2D eigenvalue weighted by Crippen LogP contribution is -2.29. The Morgan fingerprint density at radius 3 is 2.75 bits per heavy atom. The minimum Gasteiger partial charge on any atom is -0.357 e. The van der Waals surface area contributed by atoms with Crippen molar-refractivity contribution in [2.45, 2.75) is 26.2 Å². The van der Waals surface area contributed by atoms with Crippen molar-refractivity contribution in [3.05, 3.63) is 17.1 Å². The molecule has 0 radical (unpaired) electrons. The first-order valence-corrected chi connectivity index (χ1v) is 6.64. The molecule has 0 bridgehead atoms. The van der Waals surface area contributed by atoms with Crippen LogP contribution in [0.3, 0.4) is 0 Å². The molecule has 84 valence electrons. The maximum atomic E-state index is 4.70. The van der Waals surface area contributed by atoms with Crippen molar-refractivity contribution in [3.8, 4) is 0 Å². The van der Waals surface area contributed by atoms with E-state index in [2.05, 4.69) is 22.0 Å². The Morgan fingerprint density at radius 2 is 1.94 bits per heavy atom. The van der Waals surface area contributed by atoms with Gasteiger partial charge in [0.25, 0.3) is 0 Å².